The van der Waals surface area contributed by atoms with Crippen LogP contribution in [0.1, 0.15) is 18.9 Å². The second-order valence-electron chi connectivity index (χ2n) is 5.73. The Labute approximate surface area is 140 Å². The van der Waals surface area contributed by atoms with Gasteiger partial charge in [-0.15, -0.1) is 23.5 Å². The molecule has 2 aromatic rings. The molecule has 0 aliphatic carbocycles. The van der Waals surface area contributed by atoms with E-state index in [1.807, 2.05) is 12.5 Å². The van der Waals surface area contributed by atoms with E-state index in [0.717, 1.165) is 24.0 Å². The van der Waals surface area contributed by atoms with Gasteiger partial charge in [-0.05, 0) is 30.5 Å². The van der Waals surface area contributed by atoms with Crippen LogP contribution in [0, 0.1) is 0 Å². The van der Waals surface area contributed by atoms with E-state index in [1.54, 1.807) is 7.11 Å². The maximum Gasteiger partial charge on any atom is 0.118 e. The van der Waals surface area contributed by atoms with Crippen molar-refractivity contribution >= 4 is 23.5 Å². The van der Waals surface area contributed by atoms with Crippen LogP contribution in [0.25, 0.3) is 0 Å². The number of imidazole rings is 1. The van der Waals surface area contributed by atoms with Gasteiger partial charge in [0.25, 0.3) is 0 Å². The van der Waals surface area contributed by atoms with Crippen molar-refractivity contribution in [1.82, 2.24) is 9.55 Å². The highest BCUT2D eigenvalue weighted by Crippen LogP contribution is 2.51. The lowest BCUT2D eigenvalue weighted by Crippen LogP contribution is -2.25. The molecule has 0 bridgehead atoms. The van der Waals surface area contributed by atoms with Crippen molar-refractivity contribution in [3.8, 4) is 5.75 Å². The molecule has 2 heterocycles. The number of methoxy groups -OCH3 is 1. The molecule has 1 aliphatic heterocycles. The van der Waals surface area contributed by atoms with E-state index >= 15 is 0 Å². The third-order valence-corrected chi connectivity index (χ3v) is 7.64. The van der Waals surface area contributed by atoms with Gasteiger partial charge < -0.3 is 9.30 Å². The Kier molecular flexibility index (Phi) is 5.03. The third-order valence-electron chi connectivity index (χ3n) is 3.93. The normalized spacial score (nSPS) is 24.5. The Morgan fingerprint density at radius 2 is 2.18 bits per heavy atom. The van der Waals surface area contributed by atoms with Gasteiger partial charge >= 0.3 is 0 Å². The van der Waals surface area contributed by atoms with E-state index in [2.05, 4.69) is 70.5 Å². The van der Waals surface area contributed by atoms with Crippen LogP contribution in [0.2, 0.25) is 0 Å². The first kappa shape index (κ1) is 15.8. The van der Waals surface area contributed by atoms with E-state index < -0.39 is 0 Å². The predicted octanol–water partition coefficient (Wildman–Crippen LogP) is 4.09. The molecule has 3 nitrogen and oxygen atoms in total. The topological polar surface area (TPSA) is 27.1 Å². The Morgan fingerprint density at radius 3 is 2.77 bits per heavy atom. The van der Waals surface area contributed by atoms with Gasteiger partial charge in [0.05, 0.1) is 17.5 Å². The van der Waals surface area contributed by atoms with Gasteiger partial charge in [0, 0.05) is 29.9 Å². The molecule has 1 aromatic carbocycles. The highest BCUT2D eigenvalue weighted by Gasteiger charge is 2.39. The molecule has 2 atom stereocenters. The number of hydrogen-bond acceptors (Lipinski definition) is 4. The molecule has 5 heteroatoms. The van der Waals surface area contributed by atoms with Crippen LogP contribution >= 0.6 is 23.5 Å². The summed E-state index contributed by atoms with van der Waals surface area (Å²) >= 11 is 4.24. The molecule has 0 spiro atoms. The smallest absolute Gasteiger partial charge is 0.118 e. The summed E-state index contributed by atoms with van der Waals surface area (Å²) in [6, 6.07) is 8.46. The molecular formula is C17H22N2OS2. The second kappa shape index (κ2) is 7.01. The Hall–Kier alpha value is -1.07. The van der Waals surface area contributed by atoms with Gasteiger partial charge in [-0.25, -0.2) is 4.98 Å². The fraction of sp³-hybridized carbons (Fsp3) is 0.471. The average molecular weight is 335 g/mol. The summed E-state index contributed by atoms with van der Waals surface area (Å²) in [5.74, 6) is 2.16. The fourth-order valence-corrected chi connectivity index (χ4v) is 6.43. The van der Waals surface area contributed by atoms with Gasteiger partial charge in [0.2, 0.25) is 0 Å². The first-order valence-corrected chi connectivity index (χ1v) is 9.46. The molecule has 22 heavy (non-hydrogen) atoms. The van der Waals surface area contributed by atoms with Gasteiger partial charge in [0.15, 0.2) is 0 Å². The van der Waals surface area contributed by atoms with Crippen LogP contribution < -0.4 is 4.74 Å². The van der Waals surface area contributed by atoms with E-state index in [9.17, 15) is 0 Å². The molecule has 1 fully saturated rings. The number of hydrogen-bond donors (Lipinski definition) is 0. The number of benzene rings is 1. The molecule has 118 valence electrons. The SMILES string of the molecule is COc1ccc(CCC2(Cn3ccnc3)SCC(C)S2)cc1. The zero-order valence-corrected chi connectivity index (χ0v) is 14.7. The van der Waals surface area contributed by atoms with Crippen molar-refractivity contribution in [3.63, 3.8) is 0 Å². The predicted molar refractivity (Wildman–Crippen MR) is 95.8 cm³/mol. The Morgan fingerprint density at radius 1 is 1.36 bits per heavy atom. The maximum atomic E-state index is 5.23. The lowest BCUT2D eigenvalue weighted by atomic mass is 10.1. The first-order valence-electron chi connectivity index (χ1n) is 7.59. The van der Waals surface area contributed by atoms with E-state index in [4.69, 9.17) is 4.74 Å². The standard InChI is InChI=1S/C17H22N2OS2/c1-14-11-21-17(22-14,12-19-10-9-18-13-19)8-7-15-3-5-16(20-2)6-4-15/h3-6,9-10,13-14H,7-8,11-12H2,1-2H3. The van der Waals surface area contributed by atoms with Crippen molar-refractivity contribution < 1.29 is 4.74 Å². The zero-order valence-electron chi connectivity index (χ0n) is 13.1. The summed E-state index contributed by atoms with van der Waals surface area (Å²) in [4.78, 5) is 4.18. The van der Waals surface area contributed by atoms with E-state index in [0.29, 0.717) is 0 Å². The number of ether oxygens (including phenoxy) is 1. The molecule has 0 N–H and O–H groups in total. The van der Waals surface area contributed by atoms with Gasteiger partial charge in [0.1, 0.15) is 5.75 Å². The van der Waals surface area contributed by atoms with Crippen molar-refractivity contribution in [2.45, 2.75) is 35.6 Å². The monoisotopic (exact) mass is 334 g/mol. The first-order chi connectivity index (χ1) is 10.7. The van der Waals surface area contributed by atoms with Crippen LogP contribution in [0.4, 0.5) is 0 Å². The molecule has 1 aliphatic rings. The minimum atomic E-state index is 0.264. The van der Waals surface area contributed by atoms with Gasteiger partial charge in [-0.1, -0.05) is 19.1 Å². The van der Waals surface area contributed by atoms with Crippen LogP contribution in [0.3, 0.4) is 0 Å². The van der Waals surface area contributed by atoms with Crippen LogP contribution in [0.15, 0.2) is 43.0 Å². The van der Waals surface area contributed by atoms with Crippen molar-refractivity contribution in [2.75, 3.05) is 12.9 Å². The molecule has 2 unspecified atom stereocenters. The van der Waals surface area contributed by atoms with Crippen LogP contribution in [-0.2, 0) is 13.0 Å². The zero-order chi connectivity index (χ0) is 15.4. The largest absolute Gasteiger partial charge is 0.497 e. The highest BCUT2D eigenvalue weighted by molar-refractivity contribution is 8.21. The molecule has 3 rings (SSSR count). The van der Waals surface area contributed by atoms with E-state index in [-0.39, 0.29) is 4.08 Å². The van der Waals surface area contributed by atoms with E-state index in [1.165, 1.54) is 17.7 Å². The summed E-state index contributed by atoms with van der Waals surface area (Å²) in [6.07, 6.45) is 8.14. The molecule has 1 saturated heterocycles. The third kappa shape index (κ3) is 3.82. The van der Waals surface area contributed by atoms with Crippen molar-refractivity contribution in [2.24, 2.45) is 0 Å². The van der Waals surface area contributed by atoms with Crippen LogP contribution in [0.5, 0.6) is 5.75 Å². The molecule has 0 amide bonds. The van der Waals surface area contributed by atoms with Crippen molar-refractivity contribution in [1.29, 1.82) is 0 Å². The minimum absolute atomic E-state index is 0.264. The van der Waals surface area contributed by atoms with Gasteiger partial charge in [-0.3, -0.25) is 0 Å². The Bertz CT molecular complexity index is 585. The number of aromatic nitrogens is 2. The summed E-state index contributed by atoms with van der Waals surface area (Å²) in [5.41, 5.74) is 1.38. The molecule has 0 radical (unpaired) electrons. The lowest BCUT2D eigenvalue weighted by Gasteiger charge is -2.28. The summed E-state index contributed by atoms with van der Waals surface area (Å²) in [5, 5.41) is 0.726. The summed E-state index contributed by atoms with van der Waals surface area (Å²) in [6.45, 7) is 3.36. The molecular weight excluding hydrogens is 312 g/mol. The lowest BCUT2D eigenvalue weighted by molar-refractivity contribution is 0.414. The number of aryl methyl sites for hydroxylation is 1. The highest BCUT2D eigenvalue weighted by atomic mass is 32.2. The number of thioether (sulfide) groups is 2. The van der Waals surface area contributed by atoms with Crippen LogP contribution in [-0.4, -0.2) is 31.7 Å². The Balaban J connectivity index is 1.67. The van der Waals surface area contributed by atoms with Crippen molar-refractivity contribution in [3.05, 3.63) is 48.5 Å². The minimum Gasteiger partial charge on any atom is -0.497 e. The summed E-state index contributed by atoms with van der Waals surface area (Å²) < 4.78 is 7.71. The fourth-order valence-electron chi connectivity index (χ4n) is 2.78. The number of rotatable bonds is 6. The summed E-state index contributed by atoms with van der Waals surface area (Å²) in [7, 11) is 1.71. The van der Waals surface area contributed by atoms with Gasteiger partial charge in [-0.2, -0.15) is 0 Å². The molecule has 0 saturated carbocycles. The average Bonchev–Trinajstić information content (AvgIpc) is 3.17. The maximum absolute atomic E-state index is 5.23. The quantitative estimate of drug-likeness (QED) is 0.795. The second-order valence-corrected chi connectivity index (χ2v) is 9.22. The number of nitrogens with zero attached hydrogens (tertiary/aromatic N) is 2. The molecule has 1 aromatic heterocycles.